The van der Waals surface area contributed by atoms with Gasteiger partial charge < -0.3 is 9.47 Å². The quantitative estimate of drug-likeness (QED) is 0.122. The Morgan fingerprint density at radius 2 is 0.828 bits per heavy atom. The van der Waals surface area contributed by atoms with Crippen LogP contribution in [0.25, 0.3) is 77.8 Å². The number of aromatic nitrogens is 6. The molecule has 5 aromatic heterocycles. The van der Waals surface area contributed by atoms with Gasteiger partial charge >= 0.3 is 0 Å². The molecular formula is C56H44N6O2. The molecular weight excluding hydrogens is 789 g/mol. The van der Waals surface area contributed by atoms with Crippen molar-refractivity contribution in [2.24, 2.45) is 0 Å². The normalized spacial score (nSPS) is 11.5. The Hall–Kier alpha value is -8.10. The van der Waals surface area contributed by atoms with Crippen LogP contribution in [0.1, 0.15) is 37.8 Å². The summed E-state index contributed by atoms with van der Waals surface area (Å²) in [5.74, 6) is 4.80. The molecule has 0 saturated heterocycles. The van der Waals surface area contributed by atoms with Gasteiger partial charge in [0.25, 0.3) is 0 Å². The molecule has 6 aromatic carbocycles. The molecule has 0 aliphatic heterocycles. The molecule has 0 unspecified atom stereocenters. The van der Waals surface area contributed by atoms with E-state index in [4.69, 9.17) is 29.4 Å². The average Bonchev–Trinajstić information content (AvgIpc) is 3.84. The number of para-hydroxylation sites is 2. The predicted octanol–water partition coefficient (Wildman–Crippen LogP) is 14.3. The molecule has 0 aliphatic carbocycles. The van der Waals surface area contributed by atoms with Gasteiger partial charge in [-0.3, -0.25) is 19.1 Å². The maximum absolute atomic E-state index is 6.55. The van der Waals surface area contributed by atoms with E-state index in [0.29, 0.717) is 11.5 Å². The second kappa shape index (κ2) is 16.6. The van der Waals surface area contributed by atoms with Crippen LogP contribution < -0.4 is 9.47 Å². The SMILES string of the molecule is CCCc1cccnc1-n1c2ccccc2c2ccc(Oc3cccc(-c4cnc(-c5cccc(Oc6ccc7c8ccccc8n(-c8ncccc8CCC)c7c6)c5)cn4)c3)cc21. The lowest BCUT2D eigenvalue weighted by atomic mass is 10.1. The van der Waals surface area contributed by atoms with Crippen molar-refractivity contribution in [2.75, 3.05) is 0 Å². The molecule has 0 saturated carbocycles. The molecule has 11 aromatic rings. The summed E-state index contributed by atoms with van der Waals surface area (Å²) in [5.41, 5.74) is 10.1. The first-order valence-corrected chi connectivity index (χ1v) is 22.0. The Labute approximate surface area is 371 Å². The van der Waals surface area contributed by atoms with Crippen molar-refractivity contribution >= 4 is 43.6 Å². The van der Waals surface area contributed by atoms with Crippen molar-refractivity contribution in [3.8, 4) is 57.1 Å². The second-order valence-electron chi connectivity index (χ2n) is 16.1. The predicted molar refractivity (Wildman–Crippen MR) is 258 cm³/mol. The van der Waals surface area contributed by atoms with Crippen molar-refractivity contribution in [2.45, 2.75) is 39.5 Å². The van der Waals surface area contributed by atoms with Crippen LogP contribution in [0.3, 0.4) is 0 Å². The van der Waals surface area contributed by atoms with Crippen molar-refractivity contribution in [3.63, 3.8) is 0 Å². The number of rotatable bonds is 12. The molecule has 11 rings (SSSR count). The molecule has 0 aliphatic rings. The fourth-order valence-electron chi connectivity index (χ4n) is 9.01. The van der Waals surface area contributed by atoms with Crippen LogP contribution in [0.5, 0.6) is 23.0 Å². The van der Waals surface area contributed by atoms with E-state index in [0.717, 1.165) is 104 Å². The third-order valence-electron chi connectivity index (χ3n) is 11.9. The summed E-state index contributed by atoms with van der Waals surface area (Å²) in [4.78, 5) is 19.5. The zero-order chi connectivity index (χ0) is 43.0. The van der Waals surface area contributed by atoms with Crippen LogP contribution in [0, 0.1) is 0 Å². The highest BCUT2D eigenvalue weighted by Crippen LogP contribution is 2.38. The van der Waals surface area contributed by atoms with E-state index in [9.17, 15) is 0 Å². The number of fused-ring (bicyclic) bond motifs is 6. The van der Waals surface area contributed by atoms with Crippen LogP contribution in [-0.2, 0) is 12.8 Å². The van der Waals surface area contributed by atoms with E-state index < -0.39 is 0 Å². The Morgan fingerprint density at radius 3 is 1.28 bits per heavy atom. The lowest BCUT2D eigenvalue weighted by Gasteiger charge is -2.13. The highest BCUT2D eigenvalue weighted by Gasteiger charge is 2.18. The molecule has 310 valence electrons. The summed E-state index contributed by atoms with van der Waals surface area (Å²) < 4.78 is 17.6. The van der Waals surface area contributed by atoms with Crippen LogP contribution >= 0.6 is 0 Å². The standard InChI is InChI=1S/C56H44N6O2/c1-3-13-37-17-11-29-57-55(37)61-51-23-7-5-21-45(51)47-27-25-43(33-53(47)61)63-41-19-9-15-39(31-41)49-35-60-50(36-59-49)40-16-10-20-42(32-40)64-44-26-28-48-46-22-6-8-24-52(46)62(54(48)34-44)56-38(14-4-2)18-12-30-58-56/h5-12,15-36H,3-4,13-14H2,1-2H3. The van der Waals surface area contributed by atoms with Gasteiger partial charge in [0.1, 0.15) is 34.6 Å². The van der Waals surface area contributed by atoms with Gasteiger partial charge in [-0.15, -0.1) is 0 Å². The molecule has 0 spiro atoms. The molecule has 0 radical (unpaired) electrons. The van der Waals surface area contributed by atoms with Gasteiger partial charge in [-0.1, -0.05) is 99.5 Å². The minimum Gasteiger partial charge on any atom is -0.457 e. The fourth-order valence-corrected chi connectivity index (χ4v) is 9.01. The number of nitrogens with zero attached hydrogens (tertiary/aromatic N) is 6. The monoisotopic (exact) mass is 832 g/mol. The Balaban J connectivity index is 0.853. The number of hydrogen-bond acceptors (Lipinski definition) is 6. The second-order valence-corrected chi connectivity index (χ2v) is 16.1. The molecule has 8 heteroatoms. The van der Waals surface area contributed by atoms with Crippen LogP contribution in [0.2, 0.25) is 0 Å². The molecule has 0 amide bonds. The van der Waals surface area contributed by atoms with E-state index in [1.165, 1.54) is 21.9 Å². The minimum absolute atomic E-state index is 0.708. The highest BCUT2D eigenvalue weighted by atomic mass is 16.5. The Morgan fingerprint density at radius 1 is 0.391 bits per heavy atom. The van der Waals surface area contributed by atoms with Gasteiger partial charge in [-0.2, -0.15) is 0 Å². The van der Waals surface area contributed by atoms with Gasteiger partial charge in [0.15, 0.2) is 0 Å². The fraction of sp³-hybridized carbons (Fsp3) is 0.107. The van der Waals surface area contributed by atoms with Crippen LogP contribution in [-0.4, -0.2) is 29.1 Å². The molecule has 8 nitrogen and oxygen atoms in total. The third kappa shape index (κ3) is 7.09. The number of ether oxygens (including phenoxy) is 2. The molecule has 5 heterocycles. The van der Waals surface area contributed by atoms with Gasteiger partial charge in [-0.05, 0) is 96.8 Å². The number of benzene rings is 6. The largest absolute Gasteiger partial charge is 0.457 e. The highest BCUT2D eigenvalue weighted by molar-refractivity contribution is 6.10. The van der Waals surface area contributed by atoms with Crippen molar-refractivity contribution in [1.82, 2.24) is 29.1 Å². The average molecular weight is 833 g/mol. The molecule has 64 heavy (non-hydrogen) atoms. The summed E-state index contributed by atoms with van der Waals surface area (Å²) >= 11 is 0. The van der Waals surface area contributed by atoms with Crippen LogP contribution in [0.4, 0.5) is 0 Å². The lowest BCUT2D eigenvalue weighted by molar-refractivity contribution is 0.483. The number of aryl methyl sites for hydroxylation is 2. The smallest absolute Gasteiger partial charge is 0.140 e. The number of pyridine rings is 2. The van der Waals surface area contributed by atoms with E-state index in [1.807, 2.05) is 97.6 Å². The van der Waals surface area contributed by atoms with E-state index in [1.54, 1.807) is 0 Å². The number of hydrogen-bond donors (Lipinski definition) is 0. The third-order valence-corrected chi connectivity index (χ3v) is 11.9. The summed E-state index contributed by atoms with van der Waals surface area (Å²) in [7, 11) is 0. The zero-order valence-electron chi connectivity index (χ0n) is 35.6. The van der Waals surface area contributed by atoms with Crippen molar-refractivity contribution < 1.29 is 9.47 Å². The Kier molecular flexibility index (Phi) is 10.1. The van der Waals surface area contributed by atoms with Gasteiger partial charge in [-0.25, -0.2) is 9.97 Å². The van der Waals surface area contributed by atoms with E-state index in [-0.39, 0.29) is 0 Å². The van der Waals surface area contributed by atoms with Gasteiger partial charge in [0, 0.05) is 57.2 Å². The summed E-state index contributed by atoms with van der Waals surface area (Å²) in [6, 6.07) is 53.9. The van der Waals surface area contributed by atoms with Gasteiger partial charge in [0.2, 0.25) is 0 Å². The van der Waals surface area contributed by atoms with E-state index in [2.05, 4.69) is 108 Å². The van der Waals surface area contributed by atoms with E-state index >= 15 is 0 Å². The molecule has 0 atom stereocenters. The topological polar surface area (TPSA) is 79.9 Å². The maximum atomic E-state index is 6.55. The summed E-state index contributed by atoms with van der Waals surface area (Å²) in [6.07, 6.45) is 11.3. The van der Waals surface area contributed by atoms with Gasteiger partial charge in [0.05, 0.1) is 45.8 Å². The molecule has 0 bridgehead atoms. The zero-order valence-corrected chi connectivity index (χ0v) is 35.6. The molecule has 0 N–H and O–H groups in total. The summed E-state index contributed by atoms with van der Waals surface area (Å²) in [6.45, 7) is 4.40. The van der Waals surface area contributed by atoms with Crippen molar-refractivity contribution in [3.05, 3.63) is 194 Å². The Bertz CT molecular complexity index is 3270. The first-order valence-electron chi connectivity index (χ1n) is 22.0. The minimum atomic E-state index is 0.708. The van der Waals surface area contributed by atoms with Crippen molar-refractivity contribution in [1.29, 1.82) is 0 Å². The first-order chi connectivity index (χ1) is 31.6. The van der Waals surface area contributed by atoms with Crippen LogP contribution in [0.15, 0.2) is 183 Å². The molecule has 0 fully saturated rings. The first kappa shape index (κ1) is 38.8. The maximum Gasteiger partial charge on any atom is 0.140 e. The lowest BCUT2D eigenvalue weighted by Crippen LogP contribution is -2.02. The summed E-state index contributed by atoms with van der Waals surface area (Å²) in [5, 5.41) is 4.67.